The second-order valence-corrected chi connectivity index (χ2v) is 10.2. The van der Waals surface area contributed by atoms with Crippen molar-refractivity contribution in [2.24, 2.45) is 0 Å². The molecule has 3 heterocycles. The van der Waals surface area contributed by atoms with E-state index in [1.165, 1.54) is 5.56 Å². The molecule has 0 bridgehead atoms. The van der Waals surface area contributed by atoms with E-state index in [2.05, 4.69) is 68.1 Å². The molecule has 0 atom stereocenters. The summed E-state index contributed by atoms with van der Waals surface area (Å²) in [5.74, 6) is 0. The second kappa shape index (κ2) is 12.1. The number of pyridine rings is 1. The van der Waals surface area contributed by atoms with Crippen molar-refractivity contribution >= 4 is 33.9 Å². The second-order valence-electron chi connectivity index (χ2n) is 9.83. The van der Waals surface area contributed by atoms with Crippen molar-refractivity contribution in [3.63, 3.8) is 0 Å². The minimum absolute atomic E-state index is 0.466. The van der Waals surface area contributed by atoms with Crippen molar-refractivity contribution < 1.29 is 4.42 Å². The lowest BCUT2D eigenvalue weighted by atomic mass is 10.0. The van der Waals surface area contributed by atoms with Crippen molar-refractivity contribution in [2.75, 3.05) is 11.9 Å². The van der Waals surface area contributed by atoms with Gasteiger partial charge in [-0.25, -0.2) is 4.98 Å². The predicted octanol–water partition coefficient (Wildman–Crippen LogP) is 7.41. The molecule has 0 aliphatic carbocycles. The van der Waals surface area contributed by atoms with E-state index < -0.39 is 0 Å². The highest BCUT2D eigenvalue weighted by atomic mass is 35.5. The molecule has 0 fully saturated rings. The van der Waals surface area contributed by atoms with Crippen molar-refractivity contribution in [1.82, 2.24) is 20.3 Å². The number of halogens is 1. The molecule has 7 nitrogen and oxygen atoms in total. The maximum Gasteiger partial charge on any atom is 0.103 e. The van der Waals surface area contributed by atoms with E-state index in [9.17, 15) is 5.26 Å². The Hall–Kier alpha value is -4.90. The quantitative estimate of drug-likeness (QED) is 0.151. The lowest BCUT2D eigenvalue weighted by Gasteiger charge is -2.14. The molecule has 0 saturated heterocycles. The zero-order valence-corrected chi connectivity index (χ0v) is 22.9. The fourth-order valence-electron chi connectivity index (χ4n) is 4.81. The molecule has 3 N–H and O–H groups in total. The van der Waals surface area contributed by atoms with Crippen LogP contribution >= 0.6 is 11.6 Å². The van der Waals surface area contributed by atoms with Crippen molar-refractivity contribution in [3.05, 3.63) is 131 Å². The molecular weight excluding hydrogens is 532 g/mol. The summed E-state index contributed by atoms with van der Waals surface area (Å²) in [7, 11) is 0. The van der Waals surface area contributed by atoms with Crippen molar-refractivity contribution in [3.8, 4) is 17.2 Å². The number of fused-ring (bicyclic) bond motifs is 1. The molecule has 0 aliphatic rings. The molecule has 0 unspecified atom stereocenters. The number of benzene rings is 3. The number of aromatic nitrogens is 3. The van der Waals surface area contributed by atoms with Gasteiger partial charge < -0.3 is 20.0 Å². The van der Waals surface area contributed by atoms with E-state index in [-0.39, 0.29) is 0 Å². The van der Waals surface area contributed by atoms with Gasteiger partial charge in [-0.2, -0.15) is 5.26 Å². The summed E-state index contributed by atoms with van der Waals surface area (Å²) in [6.45, 7) is 1.68. The minimum Gasteiger partial charge on any atom is -0.472 e. The minimum atomic E-state index is 0.466. The predicted molar refractivity (Wildman–Crippen MR) is 162 cm³/mol. The van der Waals surface area contributed by atoms with Gasteiger partial charge in [0.15, 0.2) is 0 Å². The molecule has 0 radical (unpaired) electrons. The molecule has 0 spiro atoms. The van der Waals surface area contributed by atoms with Crippen LogP contribution in [0.15, 0.2) is 102 Å². The summed E-state index contributed by atoms with van der Waals surface area (Å²) in [4.78, 5) is 11.8. The van der Waals surface area contributed by atoms with Crippen LogP contribution in [0.5, 0.6) is 0 Å². The lowest BCUT2D eigenvalue weighted by Crippen LogP contribution is -2.16. The van der Waals surface area contributed by atoms with Gasteiger partial charge in [0.05, 0.1) is 35.6 Å². The first-order valence-corrected chi connectivity index (χ1v) is 13.7. The van der Waals surface area contributed by atoms with Crippen LogP contribution in [0, 0.1) is 11.3 Å². The average Bonchev–Trinajstić information content (AvgIpc) is 3.72. The Balaban J connectivity index is 1.18. The van der Waals surface area contributed by atoms with Crippen LogP contribution < -0.4 is 10.6 Å². The van der Waals surface area contributed by atoms with E-state index in [1.54, 1.807) is 25.1 Å². The van der Waals surface area contributed by atoms with Gasteiger partial charge in [0, 0.05) is 60.1 Å². The lowest BCUT2D eigenvalue weighted by molar-refractivity contribution is 0.564. The third-order valence-electron chi connectivity index (χ3n) is 7.03. The van der Waals surface area contributed by atoms with Crippen LogP contribution in [0.1, 0.15) is 27.9 Å². The SMILES string of the molecule is N#Cc1cnc2cc(-c3ccc(CNCCc4cnc[nH]4)cc3)ccc2c1Nc1ccc(Cc2ccoc2)c(Cl)c1. The van der Waals surface area contributed by atoms with E-state index in [4.69, 9.17) is 16.0 Å². The van der Waals surface area contributed by atoms with Crippen LogP contribution in [-0.4, -0.2) is 21.5 Å². The van der Waals surface area contributed by atoms with E-state index in [1.807, 2.05) is 36.5 Å². The molecule has 6 aromatic rings. The normalized spacial score (nSPS) is 11.0. The van der Waals surface area contributed by atoms with Gasteiger partial charge in [0.25, 0.3) is 0 Å². The number of H-pyrrole nitrogens is 1. The Bertz CT molecular complexity index is 1810. The molecule has 3 aromatic heterocycles. The first-order chi connectivity index (χ1) is 20.2. The van der Waals surface area contributed by atoms with E-state index in [0.717, 1.165) is 64.0 Å². The first kappa shape index (κ1) is 26.3. The number of imidazole rings is 1. The Morgan fingerprint density at radius 1 is 0.951 bits per heavy atom. The highest BCUT2D eigenvalue weighted by Gasteiger charge is 2.12. The van der Waals surface area contributed by atoms with Gasteiger partial charge >= 0.3 is 0 Å². The number of anilines is 2. The maximum absolute atomic E-state index is 9.81. The third kappa shape index (κ3) is 6.15. The van der Waals surface area contributed by atoms with Gasteiger partial charge in [-0.15, -0.1) is 0 Å². The number of nitrogens with one attached hydrogen (secondary N) is 3. The van der Waals surface area contributed by atoms with Crippen LogP contribution in [0.3, 0.4) is 0 Å². The Morgan fingerprint density at radius 2 is 1.83 bits per heavy atom. The molecule has 8 heteroatoms. The van der Waals surface area contributed by atoms with E-state index >= 15 is 0 Å². The van der Waals surface area contributed by atoms with Crippen molar-refractivity contribution in [1.29, 1.82) is 5.26 Å². The van der Waals surface area contributed by atoms with Crippen LogP contribution in [0.4, 0.5) is 11.4 Å². The number of hydrogen-bond donors (Lipinski definition) is 3. The number of hydrogen-bond acceptors (Lipinski definition) is 6. The van der Waals surface area contributed by atoms with Crippen LogP contribution in [0.25, 0.3) is 22.0 Å². The topological polar surface area (TPSA) is 103 Å². The zero-order valence-electron chi connectivity index (χ0n) is 22.2. The monoisotopic (exact) mass is 558 g/mol. The Morgan fingerprint density at radius 3 is 2.59 bits per heavy atom. The molecule has 202 valence electrons. The summed E-state index contributed by atoms with van der Waals surface area (Å²) in [5, 5.41) is 18.2. The molecule has 0 aliphatic heterocycles. The zero-order chi connectivity index (χ0) is 28.0. The first-order valence-electron chi connectivity index (χ1n) is 13.3. The summed E-state index contributed by atoms with van der Waals surface area (Å²) in [6.07, 6.45) is 10.1. The van der Waals surface area contributed by atoms with Crippen molar-refractivity contribution in [2.45, 2.75) is 19.4 Å². The molecule has 0 amide bonds. The average molecular weight is 559 g/mol. The maximum atomic E-state index is 9.81. The van der Waals surface area contributed by atoms with Gasteiger partial charge in [0.1, 0.15) is 6.07 Å². The van der Waals surface area contributed by atoms with Gasteiger partial charge in [-0.05, 0) is 52.1 Å². The smallest absolute Gasteiger partial charge is 0.103 e. The van der Waals surface area contributed by atoms with Crippen LogP contribution in [0.2, 0.25) is 5.02 Å². The summed E-state index contributed by atoms with van der Waals surface area (Å²) < 4.78 is 5.17. The number of nitriles is 1. The third-order valence-corrected chi connectivity index (χ3v) is 7.38. The van der Waals surface area contributed by atoms with E-state index in [0.29, 0.717) is 22.7 Å². The Kier molecular flexibility index (Phi) is 7.76. The molecular formula is C33H27ClN6O. The summed E-state index contributed by atoms with van der Waals surface area (Å²) in [6, 6.07) is 24.7. The standard InChI is InChI=1S/C33H27ClN6O/c34-31-15-28(7-5-26(31)13-23-10-12-41-20-23)40-33-27(16-35)18-38-32-14-25(6-8-30(32)33)24-3-1-22(2-4-24)17-36-11-9-29-19-37-21-39-29/h1-8,10,12,14-15,18-21,36H,9,11,13,17H2,(H,37,39)(H,38,40). The summed E-state index contributed by atoms with van der Waals surface area (Å²) >= 11 is 6.61. The van der Waals surface area contributed by atoms with Gasteiger partial charge in [-0.3, -0.25) is 4.98 Å². The molecule has 41 heavy (non-hydrogen) atoms. The number of aromatic amines is 1. The number of nitrogens with zero attached hydrogens (tertiary/aromatic N) is 3. The van der Waals surface area contributed by atoms with Gasteiger partial charge in [0.2, 0.25) is 0 Å². The Labute approximate surface area is 242 Å². The summed E-state index contributed by atoms with van der Waals surface area (Å²) in [5.41, 5.74) is 9.34. The molecule has 3 aromatic carbocycles. The fourth-order valence-corrected chi connectivity index (χ4v) is 5.06. The van der Waals surface area contributed by atoms with Gasteiger partial charge in [-0.1, -0.05) is 54.1 Å². The fraction of sp³-hybridized carbons (Fsp3) is 0.121. The molecule has 0 saturated carbocycles. The van der Waals surface area contributed by atoms with Crippen LogP contribution in [-0.2, 0) is 19.4 Å². The largest absolute Gasteiger partial charge is 0.472 e. The number of furan rings is 1. The number of rotatable bonds is 10. The molecule has 6 rings (SSSR count). The highest BCUT2D eigenvalue weighted by Crippen LogP contribution is 2.33. The highest BCUT2D eigenvalue weighted by molar-refractivity contribution is 6.31.